The summed E-state index contributed by atoms with van der Waals surface area (Å²) in [5, 5.41) is 2.70. The summed E-state index contributed by atoms with van der Waals surface area (Å²) in [4.78, 5) is 14.2. The van der Waals surface area contributed by atoms with Gasteiger partial charge >= 0.3 is 13.1 Å². The van der Waals surface area contributed by atoms with Crippen molar-refractivity contribution in [3.63, 3.8) is 0 Å². The van der Waals surface area contributed by atoms with E-state index in [0.29, 0.717) is 13.1 Å². The highest BCUT2D eigenvalue weighted by atomic mass is 19.1. The van der Waals surface area contributed by atoms with E-state index in [0.717, 1.165) is 17.4 Å². The number of urea groups is 1. The second-order valence-corrected chi connectivity index (χ2v) is 8.30. The molecule has 2 aliphatic heterocycles. The summed E-state index contributed by atoms with van der Waals surface area (Å²) in [6.45, 7) is 12.9. The monoisotopic (exact) mass is 374 g/mol. The molecule has 2 heterocycles. The Hall–Kier alpha value is -1.86. The zero-order chi connectivity index (χ0) is 20.0. The van der Waals surface area contributed by atoms with Crippen molar-refractivity contribution < 1.29 is 18.5 Å². The Bertz CT molecular complexity index is 776. The van der Waals surface area contributed by atoms with Crippen molar-refractivity contribution in [2.75, 3.05) is 18.4 Å². The van der Waals surface area contributed by atoms with Gasteiger partial charge in [0.1, 0.15) is 5.82 Å². The van der Waals surface area contributed by atoms with Gasteiger partial charge in [0.15, 0.2) is 0 Å². The Balaban J connectivity index is 1.80. The minimum atomic E-state index is -0.605. The van der Waals surface area contributed by atoms with Crippen LogP contribution in [0.2, 0.25) is 0 Å². The molecule has 1 aromatic carbocycles. The van der Waals surface area contributed by atoms with Gasteiger partial charge < -0.3 is 19.5 Å². The predicted molar refractivity (Wildman–Crippen MR) is 106 cm³/mol. The van der Waals surface area contributed by atoms with Crippen molar-refractivity contribution in [2.24, 2.45) is 0 Å². The van der Waals surface area contributed by atoms with Crippen molar-refractivity contribution in [3.05, 3.63) is 35.2 Å². The van der Waals surface area contributed by atoms with E-state index in [1.165, 1.54) is 11.6 Å². The molecule has 3 rings (SSSR count). The summed E-state index contributed by atoms with van der Waals surface area (Å²) in [5.41, 5.74) is 1.83. The zero-order valence-electron chi connectivity index (χ0n) is 17.0. The Kier molecular flexibility index (Phi) is 5.12. The normalized spacial score (nSPS) is 20.8. The van der Waals surface area contributed by atoms with Gasteiger partial charge in [-0.3, -0.25) is 0 Å². The maximum Gasteiger partial charge on any atom is 0.495 e. The minimum absolute atomic E-state index is 0.139. The highest BCUT2D eigenvalue weighted by Crippen LogP contribution is 2.37. The van der Waals surface area contributed by atoms with Crippen LogP contribution in [0.1, 0.15) is 46.6 Å². The van der Waals surface area contributed by atoms with Crippen molar-refractivity contribution >= 4 is 24.3 Å². The molecule has 0 spiro atoms. The lowest BCUT2D eigenvalue weighted by atomic mass is 9.76. The third kappa shape index (κ3) is 3.76. The van der Waals surface area contributed by atoms with Crippen molar-refractivity contribution in [1.29, 1.82) is 0 Å². The van der Waals surface area contributed by atoms with E-state index in [1.54, 1.807) is 11.0 Å². The number of rotatable bonds is 3. The van der Waals surface area contributed by atoms with Crippen LogP contribution in [0, 0.1) is 12.7 Å². The quantitative estimate of drug-likeness (QED) is 0.650. The summed E-state index contributed by atoms with van der Waals surface area (Å²) in [5.74, 6) is -0.469. The molecule has 1 N–H and O–H groups in total. The van der Waals surface area contributed by atoms with Crippen LogP contribution in [-0.4, -0.2) is 42.3 Å². The number of nitrogens with zero attached hydrogens (tertiary/aromatic N) is 1. The van der Waals surface area contributed by atoms with Gasteiger partial charge in [-0.2, -0.15) is 0 Å². The summed E-state index contributed by atoms with van der Waals surface area (Å²) < 4.78 is 26.6. The van der Waals surface area contributed by atoms with E-state index in [4.69, 9.17) is 9.31 Å². The van der Waals surface area contributed by atoms with Crippen LogP contribution in [0.5, 0.6) is 0 Å². The van der Waals surface area contributed by atoms with E-state index >= 15 is 0 Å². The molecular formula is C20H28BFN2O3. The van der Waals surface area contributed by atoms with Crippen molar-refractivity contribution in [2.45, 2.75) is 59.2 Å². The fourth-order valence-corrected chi connectivity index (χ4v) is 3.23. The molecule has 0 radical (unpaired) electrons. The van der Waals surface area contributed by atoms with E-state index < -0.39 is 24.1 Å². The third-order valence-electron chi connectivity index (χ3n) is 5.84. The van der Waals surface area contributed by atoms with Crippen LogP contribution in [0.25, 0.3) is 0 Å². The smallest absolute Gasteiger partial charge is 0.399 e. The molecule has 0 aliphatic carbocycles. The van der Waals surface area contributed by atoms with E-state index in [2.05, 4.69) is 12.2 Å². The predicted octanol–water partition coefficient (Wildman–Crippen LogP) is 3.62. The number of anilines is 1. The van der Waals surface area contributed by atoms with Gasteiger partial charge in [0.2, 0.25) is 0 Å². The number of benzene rings is 1. The standard InChI is InChI=1S/C20H28BFN2O3/c1-7-14-8-9-24(12-14)18(25)23-17-11-15(13(2)10-16(17)22)21-26-19(3,4)20(5,6)27-21/h8,10-11H,7,9,12H2,1-6H3,(H,23,25). The zero-order valence-corrected chi connectivity index (χ0v) is 17.0. The number of nitrogens with one attached hydrogen (secondary N) is 1. The maximum atomic E-state index is 14.5. The molecule has 2 amide bonds. The number of hydrogen-bond acceptors (Lipinski definition) is 3. The molecule has 0 unspecified atom stereocenters. The lowest BCUT2D eigenvalue weighted by Crippen LogP contribution is -2.41. The molecule has 0 atom stereocenters. The van der Waals surface area contributed by atoms with Gasteiger partial charge in [-0.15, -0.1) is 0 Å². The van der Waals surface area contributed by atoms with Crippen LogP contribution < -0.4 is 10.8 Å². The topological polar surface area (TPSA) is 50.8 Å². The average molecular weight is 374 g/mol. The SMILES string of the molecule is CCC1=CCN(C(=O)Nc2cc(B3OC(C)(C)C(C)(C)O3)c(C)cc2F)C1. The van der Waals surface area contributed by atoms with Gasteiger partial charge in [-0.1, -0.05) is 18.6 Å². The summed E-state index contributed by atoms with van der Waals surface area (Å²) in [7, 11) is -0.605. The molecule has 1 fully saturated rings. The Labute approximate surface area is 161 Å². The number of hydrogen-bond donors (Lipinski definition) is 1. The number of amides is 2. The molecule has 0 saturated carbocycles. The third-order valence-corrected chi connectivity index (χ3v) is 5.84. The van der Waals surface area contributed by atoms with Crippen molar-refractivity contribution in [3.8, 4) is 0 Å². The van der Waals surface area contributed by atoms with Crippen LogP contribution in [0.15, 0.2) is 23.8 Å². The largest absolute Gasteiger partial charge is 0.495 e. The van der Waals surface area contributed by atoms with Gasteiger partial charge in [0, 0.05) is 13.1 Å². The van der Waals surface area contributed by atoms with Crippen LogP contribution in [0.4, 0.5) is 14.9 Å². The fourth-order valence-electron chi connectivity index (χ4n) is 3.23. The van der Waals surface area contributed by atoms with Crippen LogP contribution in [-0.2, 0) is 9.31 Å². The molecule has 2 aliphatic rings. The van der Waals surface area contributed by atoms with Crippen LogP contribution in [0.3, 0.4) is 0 Å². The second kappa shape index (κ2) is 6.95. The van der Waals surface area contributed by atoms with E-state index in [9.17, 15) is 9.18 Å². The highest BCUT2D eigenvalue weighted by Gasteiger charge is 2.52. The number of aryl methyl sites for hydroxylation is 1. The molecule has 0 bridgehead atoms. The first-order valence-electron chi connectivity index (χ1n) is 9.43. The first-order valence-corrected chi connectivity index (χ1v) is 9.43. The molecule has 0 aromatic heterocycles. The van der Waals surface area contributed by atoms with Gasteiger partial charge in [0.05, 0.1) is 16.9 Å². The Morgan fingerprint density at radius 3 is 2.44 bits per heavy atom. The molecule has 1 saturated heterocycles. The van der Waals surface area contributed by atoms with E-state index in [-0.39, 0.29) is 11.7 Å². The molecule has 5 nitrogen and oxygen atoms in total. The number of carbonyl (C=O) groups excluding carboxylic acids is 1. The summed E-state index contributed by atoms with van der Waals surface area (Å²) >= 11 is 0. The first-order chi connectivity index (χ1) is 12.5. The highest BCUT2D eigenvalue weighted by molar-refractivity contribution is 6.62. The van der Waals surface area contributed by atoms with Gasteiger partial charge in [0.25, 0.3) is 0 Å². The average Bonchev–Trinajstić information content (AvgIpc) is 3.12. The summed E-state index contributed by atoms with van der Waals surface area (Å²) in [6.07, 6.45) is 2.95. The molecule has 7 heteroatoms. The summed E-state index contributed by atoms with van der Waals surface area (Å²) in [6, 6.07) is 2.72. The lowest BCUT2D eigenvalue weighted by Gasteiger charge is -2.32. The Morgan fingerprint density at radius 2 is 1.89 bits per heavy atom. The fraction of sp³-hybridized carbons (Fsp3) is 0.550. The van der Waals surface area contributed by atoms with E-state index in [1.807, 2.05) is 40.7 Å². The number of carbonyl (C=O) groups is 1. The molecule has 146 valence electrons. The molecular weight excluding hydrogens is 346 g/mol. The molecule has 27 heavy (non-hydrogen) atoms. The first kappa shape index (κ1) is 19.9. The van der Waals surface area contributed by atoms with Gasteiger partial charge in [-0.05, 0) is 64.2 Å². The van der Waals surface area contributed by atoms with Crippen LogP contribution >= 0.6 is 0 Å². The van der Waals surface area contributed by atoms with Gasteiger partial charge in [-0.25, -0.2) is 9.18 Å². The van der Waals surface area contributed by atoms with Crippen molar-refractivity contribution in [1.82, 2.24) is 4.90 Å². The number of halogens is 1. The lowest BCUT2D eigenvalue weighted by molar-refractivity contribution is 0.00578. The second-order valence-electron chi connectivity index (χ2n) is 8.30. The maximum absolute atomic E-state index is 14.5. The minimum Gasteiger partial charge on any atom is -0.399 e. The Morgan fingerprint density at radius 1 is 1.26 bits per heavy atom. The molecule has 1 aromatic rings.